The fraction of sp³-hybridized carbons (Fsp3) is 0.667. The van der Waals surface area contributed by atoms with Gasteiger partial charge in [-0.3, -0.25) is 0 Å². The minimum Gasteiger partial charge on any atom is -0.466 e. The van der Waals surface area contributed by atoms with Gasteiger partial charge < -0.3 is 24.2 Å². The number of methoxy groups -OCH3 is 1. The molecule has 0 spiro atoms. The highest BCUT2D eigenvalue weighted by molar-refractivity contribution is 6.01. The molecule has 0 saturated carbocycles. The van der Waals surface area contributed by atoms with Crippen LogP contribution < -0.4 is 5.32 Å². The topological polar surface area (TPSA) is 93.9 Å². The Balaban J connectivity index is 1.80. The van der Waals surface area contributed by atoms with Gasteiger partial charge in [-0.15, -0.1) is 0 Å². The Kier molecular flexibility index (Phi) is 6.62. The van der Waals surface area contributed by atoms with E-state index >= 15 is 0 Å². The number of carbonyl (C=O) groups excluding carboxylic acids is 2. The molecule has 1 N–H and O–H groups in total. The number of urea groups is 1. The molecule has 2 bridgehead atoms. The summed E-state index contributed by atoms with van der Waals surface area (Å²) in [7, 11) is 1.38. The SMILES string of the molecule is COC(=O)C1=C(c2c(C)noc2C)C[C@@H]2CC[C@H]1N2C(=O)NCCCOC(C)C. The zero-order chi connectivity index (χ0) is 21.1. The van der Waals surface area contributed by atoms with Crippen LogP contribution in [-0.4, -0.2) is 60.5 Å². The van der Waals surface area contributed by atoms with Gasteiger partial charge in [0, 0.05) is 24.8 Å². The highest BCUT2D eigenvalue weighted by atomic mass is 16.5. The number of amides is 2. The quantitative estimate of drug-likeness (QED) is 0.554. The summed E-state index contributed by atoms with van der Waals surface area (Å²) < 4.78 is 15.9. The third kappa shape index (κ3) is 4.32. The molecule has 160 valence electrons. The Morgan fingerprint density at radius 1 is 1.31 bits per heavy atom. The normalized spacial score (nSPS) is 21.1. The largest absolute Gasteiger partial charge is 0.466 e. The highest BCUT2D eigenvalue weighted by Crippen LogP contribution is 2.44. The van der Waals surface area contributed by atoms with Gasteiger partial charge in [-0.25, -0.2) is 9.59 Å². The lowest BCUT2D eigenvalue weighted by Gasteiger charge is -2.37. The van der Waals surface area contributed by atoms with E-state index in [0.717, 1.165) is 36.1 Å². The fourth-order valence-electron chi connectivity index (χ4n) is 4.42. The summed E-state index contributed by atoms with van der Waals surface area (Å²) >= 11 is 0. The van der Waals surface area contributed by atoms with Gasteiger partial charge >= 0.3 is 12.0 Å². The van der Waals surface area contributed by atoms with Crippen LogP contribution in [-0.2, 0) is 14.3 Å². The summed E-state index contributed by atoms with van der Waals surface area (Å²) in [6.45, 7) is 8.83. The van der Waals surface area contributed by atoms with Crippen LogP contribution in [0, 0.1) is 13.8 Å². The Morgan fingerprint density at radius 3 is 2.69 bits per heavy atom. The van der Waals surface area contributed by atoms with E-state index in [1.807, 2.05) is 32.6 Å². The number of nitrogens with zero attached hydrogens (tertiary/aromatic N) is 2. The Morgan fingerprint density at radius 2 is 2.07 bits per heavy atom. The number of hydrogen-bond donors (Lipinski definition) is 1. The maximum atomic E-state index is 12.9. The maximum absolute atomic E-state index is 12.9. The highest BCUT2D eigenvalue weighted by Gasteiger charge is 2.47. The monoisotopic (exact) mass is 405 g/mol. The van der Waals surface area contributed by atoms with Crippen LogP contribution in [0.4, 0.5) is 4.79 Å². The van der Waals surface area contributed by atoms with Crippen molar-refractivity contribution >= 4 is 17.6 Å². The first-order chi connectivity index (χ1) is 13.8. The molecular formula is C21H31N3O5. The van der Waals surface area contributed by atoms with Gasteiger partial charge in [0.2, 0.25) is 0 Å². The molecule has 1 fully saturated rings. The second-order valence-electron chi connectivity index (χ2n) is 7.95. The number of esters is 1. The summed E-state index contributed by atoms with van der Waals surface area (Å²) in [6, 6.07) is -0.387. The number of rotatable bonds is 7. The maximum Gasteiger partial charge on any atom is 0.336 e. The van der Waals surface area contributed by atoms with Crippen LogP contribution in [0.25, 0.3) is 5.57 Å². The molecule has 2 aliphatic rings. The molecule has 1 aromatic rings. The Bertz CT molecular complexity index is 779. The first kappa shape index (κ1) is 21.4. The van der Waals surface area contributed by atoms with E-state index in [9.17, 15) is 9.59 Å². The second-order valence-corrected chi connectivity index (χ2v) is 7.95. The van der Waals surface area contributed by atoms with Crippen molar-refractivity contribution < 1.29 is 23.6 Å². The predicted octanol–water partition coefficient (Wildman–Crippen LogP) is 2.98. The zero-order valence-electron chi connectivity index (χ0n) is 17.9. The van der Waals surface area contributed by atoms with Crippen molar-refractivity contribution in [2.75, 3.05) is 20.3 Å². The smallest absolute Gasteiger partial charge is 0.336 e. The minimum absolute atomic E-state index is 0.0454. The first-order valence-corrected chi connectivity index (χ1v) is 10.3. The summed E-state index contributed by atoms with van der Waals surface area (Å²) in [5.74, 6) is 0.287. The van der Waals surface area contributed by atoms with Crippen molar-refractivity contribution in [1.82, 2.24) is 15.4 Å². The van der Waals surface area contributed by atoms with E-state index in [-0.39, 0.29) is 24.2 Å². The van der Waals surface area contributed by atoms with Crippen molar-refractivity contribution in [3.05, 3.63) is 22.6 Å². The molecule has 1 saturated heterocycles. The Labute approximate surface area is 171 Å². The van der Waals surface area contributed by atoms with Crippen molar-refractivity contribution in [2.24, 2.45) is 0 Å². The molecule has 1 aromatic heterocycles. The molecule has 3 heterocycles. The van der Waals surface area contributed by atoms with Crippen molar-refractivity contribution in [2.45, 2.75) is 71.6 Å². The molecule has 8 heteroatoms. The standard InChI is InChI=1S/C21H31N3O5/c1-12(2)28-10-6-9-22-21(26)24-15-7-8-17(24)19(20(25)27-5)16(11-15)18-13(3)23-29-14(18)4/h12,15,17H,6-11H2,1-5H3,(H,22,26)/t15-,17+/m0/s1. The molecule has 8 nitrogen and oxygen atoms in total. The summed E-state index contributed by atoms with van der Waals surface area (Å²) in [5.41, 5.74) is 3.07. The van der Waals surface area contributed by atoms with E-state index in [1.54, 1.807) is 0 Å². The molecule has 0 aromatic carbocycles. The molecule has 3 rings (SSSR count). The molecule has 0 unspecified atom stereocenters. The number of carbonyl (C=O) groups is 2. The van der Waals surface area contributed by atoms with Gasteiger partial charge in [0.05, 0.1) is 30.5 Å². The third-order valence-electron chi connectivity index (χ3n) is 5.62. The van der Waals surface area contributed by atoms with E-state index in [4.69, 9.17) is 14.0 Å². The van der Waals surface area contributed by atoms with Crippen LogP contribution in [0.1, 0.15) is 56.5 Å². The van der Waals surface area contributed by atoms with Gasteiger partial charge in [-0.05, 0) is 59.0 Å². The van der Waals surface area contributed by atoms with Crippen LogP contribution in [0.5, 0.6) is 0 Å². The van der Waals surface area contributed by atoms with Gasteiger partial charge in [-0.1, -0.05) is 5.16 Å². The number of aryl methyl sites for hydroxylation is 2. The molecule has 0 radical (unpaired) electrons. The van der Waals surface area contributed by atoms with E-state index in [0.29, 0.717) is 30.9 Å². The molecule has 29 heavy (non-hydrogen) atoms. The molecule has 2 aliphatic heterocycles. The number of aromatic nitrogens is 1. The van der Waals surface area contributed by atoms with Crippen LogP contribution in [0.3, 0.4) is 0 Å². The average Bonchev–Trinajstić information content (AvgIpc) is 3.18. The van der Waals surface area contributed by atoms with E-state index in [2.05, 4.69) is 10.5 Å². The number of fused-ring (bicyclic) bond motifs is 2. The average molecular weight is 405 g/mol. The predicted molar refractivity (Wildman–Crippen MR) is 107 cm³/mol. The fourth-order valence-corrected chi connectivity index (χ4v) is 4.42. The third-order valence-corrected chi connectivity index (χ3v) is 5.62. The van der Waals surface area contributed by atoms with Crippen LogP contribution in [0.15, 0.2) is 10.1 Å². The first-order valence-electron chi connectivity index (χ1n) is 10.3. The lowest BCUT2D eigenvalue weighted by molar-refractivity contribution is -0.136. The van der Waals surface area contributed by atoms with Gasteiger partial charge in [0.1, 0.15) is 5.76 Å². The summed E-state index contributed by atoms with van der Waals surface area (Å²) in [6.07, 6.45) is 3.11. The second kappa shape index (κ2) is 8.98. The lowest BCUT2D eigenvalue weighted by atomic mass is 9.87. The lowest BCUT2D eigenvalue weighted by Crippen LogP contribution is -2.51. The molecular weight excluding hydrogens is 374 g/mol. The van der Waals surface area contributed by atoms with Crippen molar-refractivity contribution in [3.8, 4) is 0 Å². The van der Waals surface area contributed by atoms with Crippen molar-refractivity contribution in [1.29, 1.82) is 0 Å². The molecule has 0 aliphatic carbocycles. The van der Waals surface area contributed by atoms with E-state index < -0.39 is 5.97 Å². The number of nitrogens with one attached hydrogen (secondary N) is 1. The number of ether oxygens (including phenoxy) is 2. The van der Waals surface area contributed by atoms with Gasteiger partial charge in [-0.2, -0.15) is 0 Å². The number of hydrogen-bond acceptors (Lipinski definition) is 6. The van der Waals surface area contributed by atoms with Crippen LogP contribution in [0.2, 0.25) is 0 Å². The van der Waals surface area contributed by atoms with Gasteiger partial charge in [0.15, 0.2) is 0 Å². The Hall–Kier alpha value is -2.35. The van der Waals surface area contributed by atoms with E-state index in [1.165, 1.54) is 7.11 Å². The minimum atomic E-state index is -0.395. The van der Waals surface area contributed by atoms with Crippen LogP contribution >= 0.6 is 0 Å². The zero-order valence-corrected chi connectivity index (χ0v) is 17.9. The molecule has 2 amide bonds. The van der Waals surface area contributed by atoms with Gasteiger partial charge in [0.25, 0.3) is 0 Å². The molecule has 2 atom stereocenters. The summed E-state index contributed by atoms with van der Waals surface area (Å²) in [5, 5.41) is 7.02. The van der Waals surface area contributed by atoms with Crippen molar-refractivity contribution in [3.63, 3.8) is 0 Å². The summed E-state index contributed by atoms with van der Waals surface area (Å²) in [4.78, 5) is 27.4.